The third-order valence-electron chi connectivity index (χ3n) is 3.93. The number of carbonyl (C=O) groups is 2. The minimum Gasteiger partial charge on any atom is -0.343 e. The van der Waals surface area contributed by atoms with E-state index in [1.807, 2.05) is 6.07 Å². The van der Waals surface area contributed by atoms with Crippen molar-refractivity contribution in [2.45, 2.75) is 46.7 Å². The van der Waals surface area contributed by atoms with Crippen LogP contribution >= 0.6 is 0 Å². The van der Waals surface area contributed by atoms with E-state index in [-0.39, 0.29) is 24.4 Å². The molecule has 4 heteroatoms. The van der Waals surface area contributed by atoms with Crippen molar-refractivity contribution in [2.75, 3.05) is 6.54 Å². The summed E-state index contributed by atoms with van der Waals surface area (Å²) in [6, 6.07) is 5.80. The van der Waals surface area contributed by atoms with Gasteiger partial charge in [0.05, 0.1) is 6.54 Å². The van der Waals surface area contributed by atoms with Gasteiger partial charge < -0.3 is 10.2 Å². The molecule has 0 saturated carbocycles. The molecule has 2 amide bonds. The van der Waals surface area contributed by atoms with Crippen LogP contribution in [0.25, 0.3) is 0 Å². The molecule has 2 rings (SSSR count). The van der Waals surface area contributed by atoms with Crippen LogP contribution in [0.15, 0.2) is 18.2 Å². The van der Waals surface area contributed by atoms with Crippen LogP contribution in [0.4, 0.5) is 0 Å². The van der Waals surface area contributed by atoms with Crippen molar-refractivity contribution < 1.29 is 9.59 Å². The molecule has 1 saturated heterocycles. The molecule has 1 unspecified atom stereocenters. The van der Waals surface area contributed by atoms with Gasteiger partial charge in [0.25, 0.3) is 0 Å². The summed E-state index contributed by atoms with van der Waals surface area (Å²) in [5.74, 6) is 0.339. The summed E-state index contributed by atoms with van der Waals surface area (Å²) < 4.78 is 0. The molecule has 1 aliphatic heterocycles. The summed E-state index contributed by atoms with van der Waals surface area (Å²) in [6.45, 7) is 8.90. The van der Waals surface area contributed by atoms with Gasteiger partial charge in [-0.05, 0) is 42.9 Å². The first-order chi connectivity index (χ1) is 9.86. The number of carbonyl (C=O) groups excluding carboxylic acids is 2. The first-order valence-corrected chi connectivity index (χ1v) is 7.51. The zero-order chi connectivity index (χ0) is 15.6. The monoisotopic (exact) mass is 288 g/mol. The van der Waals surface area contributed by atoms with E-state index in [9.17, 15) is 9.59 Å². The molecule has 1 aliphatic rings. The fraction of sp³-hybridized carbons (Fsp3) is 0.529. The van der Waals surface area contributed by atoms with E-state index in [1.165, 1.54) is 11.1 Å². The Morgan fingerprint density at radius 3 is 2.57 bits per heavy atom. The lowest BCUT2D eigenvalue weighted by Crippen LogP contribution is -2.57. The molecule has 0 aliphatic carbocycles. The van der Waals surface area contributed by atoms with Crippen molar-refractivity contribution in [1.82, 2.24) is 10.2 Å². The Hall–Kier alpha value is -1.84. The maximum atomic E-state index is 12.5. The van der Waals surface area contributed by atoms with Crippen molar-refractivity contribution in [2.24, 2.45) is 5.92 Å². The summed E-state index contributed by atoms with van der Waals surface area (Å²) >= 11 is 0. The molecule has 1 atom stereocenters. The summed E-state index contributed by atoms with van der Waals surface area (Å²) in [5.41, 5.74) is 3.52. The van der Waals surface area contributed by atoms with Crippen LogP contribution in [0.5, 0.6) is 0 Å². The maximum absolute atomic E-state index is 12.5. The highest BCUT2D eigenvalue weighted by Gasteiger charge is 2.32. The first kappa shape index (κ1) is 15.5. The van der Waals surface area contributed by atoms with Crippen LogP contribution < -0.4 is 5.32 Å². The molecule has 4 nitrogen and oxygen atoms in total. The summed E-state index contributed by atoms with van der Waals surface area (Å²) in [4.78, 5) is 26.0. The Kier molecular flexibility index (Phi) is 4.66. The lowest BCUT2D eigenvalue weighted by Gasteiger charge is -2.33. The second kappa shape index (κ2) is 6.29. The Labute approximate surface area is 126 Å². The van der Waals surface area contributed by atoms with E-state index in [0.29, 0.717) is 18.9 Å². The quantitative estimate of drug-likeness (QED) is 0.923. The number of rotatable bonds is 4. The molecule has 1 heterocycles. The average molecular weight is 288 g/mol. The van der Waals surface area contributed by atoms with E-state index in [2.05, 4.69) is 45.1 Å². The van der Waals surface area contributed by atoms with Gasteiger partial charge in [-0.1, -0.05) is 32.0 Å². The zero-order valence-electron chi connectivity index (χ0n) is 13.3. The smallest absolute Gasteiger partial charge is 0.245 e. The molecule has 1 aromatic rings. The van der Waals surface area contributed by atoms with Crippen molar-refractivity contribution in [3.8, 4) is 0 Å². The highest BCUT2D eigenvalue weighted by molar-refractivity contribution is 5.94. The number of hydrogen-bond donors (Lipinski definition) is 1. The van der Waals surface area contributed by atoms with Gasteiger partial charge in [0.2, 0.25) is 11.8 Å². The molecular weight excluding hydrogens is 264 g/mol. The standard InChI is InChI=1S/C17H24N2O2/c1-11(2)7-15-17(21)19(10-16(20)18-15)9-14-6-5-12(3)13(4)8-14/h5-6,8,11,15H,7,9-10H2,1-4H3,(H,18,20). The van der Waals surface area contributed by atoms with E-state index < -0.39 is 0 Å². The highest BCUT2D eigenvalue weighted by atomic mass is 16.2. The Morgan fingerprint density at radius 2 is 1.95 bits per heavy atom. The maximum Gasteiger partial charge on any atom is 0.245 e. The fourth-order valence-electron chi connectivity index (χ4n) is 2.66. The zero-order valence-corrected chi connectivity index (χ0v) is 13.3. The molecule has 114 valence electrons. The number of benzene rings is 1. The van der Waals surface area contributed by atoms with Gasteiger partial charge in [0, 0.05) is 6.54 Å². The summed E-state index contributed by atoms with van der Waals surface area (Å²) in [7, 11) is 0. The van der Waals surface area contributed by atoms with E-state index in [1.54, 1.807) is 4.90 Å². The lowest BCUT2D eigenvalue weighted by molar-refractivity contribution is -0.145. The van der Waals surface area contributed by atoms with Crippen molar-refractivity contribution in [1.29, 1.82) is 0 Å². The number of amides is 2. The topological polar surface area (TPSA) is 49.4 Å². The van der Waals surface area contributed by atoms with Gasteiger partial charge >= 0.3 is 0 Å². The van der Waals surface area contributed by atoms with Gasteiger partial charge in [0.1, 0.15) is 6.04 Å². The number of hydrogen-bond acceptors (Lipinski definition) is 2. The molecule has 0 bridgehead atoms. The van der Waals surface area contributed by atoms with Crippen LogP contribution in [-0.2, 0) is 16.1 Å². The minimum absolute atomic E-state index is 0.0292. The molecule has 0 spiro atoms. The minimum atomic E-state index is -0.377. The third-order valence-corrected chi connectivity index (χ3v) is 3.93. The van der Waals surface area contributed by atoms with Gasteiger partial charge in [-0.15, -0.1) is 0 Å². The van der Waals surface area contributed by atoms with Crippen molar-refractivity contribution >= 4 is 11.8 Å². The van der Waals surface area contributed by atoms with Crippen LogP contribution in [0.1, 0.15) is 37.0 Å². The van der Waals surface area contributed by atoms with E-state index in [0.717, 1.165) is 5.56 Å². The molecular formula is C17H24N2O2. The number of aryl methyl sites for hydroxylation is 2. The number of nitrogens with one attached hydrogen (secondary N) is 1. The largest absolute Gasteiger partial charge is 0.343 e. The van der Waals surface area contributed by atoms with Crippen LogP contribution in [0.3, 0.4) is 0 Å². The predicted molar refractivity (Wildman–Crippen MR) is 82.7 cm³/mol. The van der Waals surface area contributed by atoms with Crippen LogP contribution in [0.2, 0.25) is 0 Å². The summed E-state index contributed by atoms with van der Waals surface area (Å²) in [6.07, 6.45) is 0.688. The first-order valence-electron chi connectivity index (χ1n) is 7.51. The van der Waals surface area contributed by atoms with Gasteiger partial charge in [-0.3, -0.25) is 9.59 Å². The SMILES string of the molecule is Cc1ccc(CN2CC(=O)NC(CC(C)C)C2=O)cc1C. The lowest BCUT2D eigenvalue weighted by atomic mass is 10.00. The van der Waals surface area contributed by atoms with Gasteiger partial charge in [-0.25, -0.2) is 0 Å². The Balaban J connectivity index is 2.12. The second-order valence-electron chi connectivity index (χ2n) is 6.36. The summed E-state index contributed by atoms with van der Waals surface area (Å²) in [5, 5.41) is 2.80. The third kappa shape index (κ3) is 3.84. The number of nitrogens with zero attached hydrogens (tertiary/aromatic N) is 1. The molecule has 0 radical (unpaired) electrons. The molecule has 1 fully saturated rings. The normalized spacial score (nSPS) is 19.1. The molecule has 1 aromatic carbocycles. The van der Waals surface area contributed by atoms with Crippen molar-refractivity contribution in [3.05, 3.63) is 34.9 Å². The van der Waals surface area contributed by atoms with Gasteiger partial charge in [-0.2, -0.15) is 0 Å². The molecule has 21 heavy (non-hydrogen) atoms. The Morgan fingerprint density at radius 1 is 1.24 bits per heavy atom. The van der Waals surface area contributed by atoms with Crippen molar-refractivity contribution in [3.63, 3.8) is 0 Å². The number of piperazine rings is 1. The molecule has 1 N–H and O–H groups in total. The van der Waals surface area contributed by atoms with E-state index >= 15 is 0 Å². The fourth-order valence-corrected chi connectivity index (χ4v) is 2.66. The predicted octanol–water partition coefficient (Wildman–Crippen LogP) is 2.18. The Bertz CT molecular complexity index is 552. The molecule has 0 aromatic heterocycles. The van der Waals surface area contributed by atoms with Crippen LogP contribution in [0, 0.1) is 19.8 Å². The van der Waals surface area contributed by atoms with E-state index in [4.69, 9.17) is 0 Å². The average Bonchev–Trinajstić information content (AvgIpc) is 2.39. The highest BCUT2D eigenvalue weighted by Crippen LogP contribution is 2.16. The van der Waals surface area contributed by atoms with Gasteiger partial charge in [0.15, 0.2) is 0 Å². The van der Waals surface area contributed by atoms with Crippen LogP contribution in [-0.4, -0.2) is 29.3 Å². The second-order valence-corrected chi connectivity index (χ2v) is 6.36.